The highest BCUT2D eigenvalue weighted by atomic mass is 35.5. The lowest BCUT2D eigenvalue weighted by molar-refractivity contribution is 0.209. The number of carbonyl (C=O) groups is 1. The molecule has 78 valence electrons. The zero-order chi connectivity index (χ0) is 11.3. The Morgan fingerprint density at radius 1 is 1.67 bits per heavy atom. The van der Waals surface area contributed by atoms with Crippen molar-refractivity contribution < 1.29 is 14.6 Å². The molecular formula is C10H8ClNO3. The molecule has 15 heavy (non-hydrogen) atoms. The summed E-state index contributed by atoms with van der Waals surface area (Å²) in [6, 6.07) is 4.53. The summed E-state index contributed by atoms with van der Waals surface area (Å²) in [5.41, 5.74) is 0.376. The molecular weight excluding hydrogens is 218 g/mol. The van der Waals surface area contributed by atoms with Gasteiger partial charge in [0.25, 0.3) is 0 Å². The normalized spacial score (nSPS) is 9.07. The van der Waals surface area contributed by atoms with Gasteiger partial charge in [-0.1, -0.05) is 17.5 Å². The van der Waals surface area contributed by atoms with E-state index in [2.05, 4.69) is 11.2 Å². The summed E-state index contributed by atoms with van der Waals surface area (Å²) in [4.78, 5) is 10.3. The Kier molecular flexibility index (Phi) is 3.83. The number of nitrogens with one attached hydrogen (secondary N) is 1. The van der Waals surface area contributed by atoms with Crippen LogP contribution in [0.5, 0.6) is 5.75 Å². The molecule has 0 heterocycles. The molecule has 0 atom stereocenters. The van der Waals surface area contributed by atoms with Crippen LogP contribution in [0.1, 0.15) is 0 Å². The van der Waals surface area contributed by atoms with Crippen molar-refractivity contribution in [3.8, 4) is 18.1 Å². The van der Waals surface area contributed by atoms with E-state index in [-0.39, 0.29) is 6.61 Å². The van der Waals surface area contributed by atoms with Gasteiger partial charge in [0, 0.05) is 5.69 Å². The van der Waals surface area contributed by atoms with Crippen molar-refractivity contribution in [2.75, 3.05) is 11.9 Å². The fraction of sp³-hybridized carbons (Fsp3) is 0.100. The molecule has 0 fully saturated rings. The number of ether oxygens (including phenoxy) is 1. The summed E-state index contributed by atoms with van der Waals surface area (Å²) in [5, 5.41) is 10.9. The van der Waals surface area contributed by atoms with Crippen LogP contribution in [0.25, 0.3) is 0 Å². The predicted octanol–water partition coefficient (Wildman–Crippen LogP) is 2.44. The number of hydrogen-bond acceptors (Lipinski definition) is 2. The summed E-state index contributed by atoms with van der Waals surface area (Å²) < 4.78 is 5.10. The van der Waals surface area contributed by atoms with E-state index in [1.807, 2.05) is 0 Å². The average molecular weight is 226 g/mol. The second-order valence-corrected chi connectivity index (χ2v) is 2.98. The molecule has 2 N–H and O–H groups in total. The minimum Gasteiger partial charge on any atom is -0.479 e. The highest BCUT2D eigenvalue weighted by Crippen LogP contribution is 2.27. The van der Waals surface area contributed by atoms with E-state index in [0.29, 0.717) is 16.5 Å². The summed E-state index contributed by atoms with van der Waals surface area (Å²) in [6.07, 6.45) is 3.86. The first-order valence-electron chi connectivity index (χ1n) is 3.99. The summed E-state index contributed by atoms with van der Waals surface area (Å²) >= 11 is 5.82. The smallest absolute Gasteiger partial charge is 0.409 e. The van der Waals surface area contributed by atoms with E-state index in [9.17, 15) is 4.79 Å². The van der Waals surface area contributed by atoms with Crippen molar-refractivity contribution >= 4 is 23.4 Å². The fourth-order valence-electron chi connectivity index (χ4n) is 0.939. The maximum Gasteiger partial charge on any atom is 0.409 e. The van der Waals surface area contributed by atoms with Crippen LogP contribution >= 0.6 is 11.6 Å². The molecule has 0 aliphatic carbocycles. The number of rotatable bonds is 3. The highest BCUT2D eigenvalue weighted by Gasteiger charge is 2.04. The Balaban J connectivity index is 2.79. The minimum absolute atomic E-state index is 0.116. The van der Waals surface area contributed by atoms with Gasteiger partial charge in [-0.3, -0.25) is 5.32 Å². The number of amides is 1. The van der Waals surface area contributed by atoms with Crippen LogP contribution < -0.4 is 10.1 Å². The van der Waals surface area contributed by atoms with Gasteiger partial charge in [-0.25, -0.2) is 4.79 Å². The predicted molar refractivity (Wildman–Crippen MR) is 57.4 cm³/mol. The summed E-state index contributed by atoms with van der Waals surface area (Å²) in [7, 11) is 0. The Morgan fingerprint density at radius 2 is 2.40 bits per heavy atom. The molecule has 1 rings (SSSR count). The number of halogens is 1. The number of terminal acetylenes is 1. The Hall–Kier alpha value is -1.86. The van der Waals surface area contributed by atoms with E-state index in [1.165, 1.54) is 12.1 Å². The van der Waals surface area contributed by atoms with Crippen molar-refractivity contribution in [1.82, 2.24) is 0 Å². The lowest BCUT2D eigenvalue weighted by atomic mass is 10.3. The van der Waals surface area contributed by atoms with Gasteiger partial charge in [0.2, 0.25) is 0 Å². The lowest BCUT2D eigenvalue weighted by Crippen LogP contribution is -2.07. The van der Waals surface area contributed by atoms with Gasteiger partial charge in [0.05, 0.1) is 5.02 Å². The van der Waals surface area contributed by atoms with Crippen LogP contribution in [0.3, 0.4) is 0 Å². The van der Waals surface area contributed by atoms with Crippen molar-refractivity contribution in [3.63, 3.8) is 0 Å². The number of anilines is 1. The van der Waals surface area contributed by atoms with Crippen LogP contribution in [0.15, 0.2) is 18.2 Å². The first-order chi connectivity index (χ1) is 7.13. The zero-order valence-electron chi connectivity index (χ0n) is 7.66. The van der Waals surface area contributed by atoms with E-state index in [0.717, 1.165) is 0 Å². The average Bonchev–Trinajstić information content (AvgIpc) is 2.15. The minimum atomic E-state index is -1.15. The molecule has 1 aromatic carbocycles. The standard InChI is InChI=1S/C10H8ClNO3/c1-2-5-15-9-4-3-7(6-8(9)11)12-10(13)14/h1,3-4,6,12H,5H2,(H,13,14). The van der Waals surface area contributed by atoms with Crippen molar-refractivity contribution in [2.24, 2.45) is 0 Å². The van der Waals surface area contributed by atoms with Crippen LogP contribution in [-0.2, 0) is 0 Å². The van der Waals surface area contributed by atoms with Gasteiger partial charge in [0.15, 0.2) is 0 Å². The van der Waals surface area contributed by atoms with Gasteiger partial charge in [-0.15, -0.1) is 6.42 Å². The fourth-order valence-corrected chi connectivity index (χ4v) is 1.17. The van der Waals surface area contributed by atoms with Gasteiger partial charge < -0.3 is 9.84 Å². The molecule has 4 nitrogen and oxygen atoms in total. The van der Waals surface area contributed by atoms with E-state index in [1.54, 1.807) is 6.07 Å². The van der Waals surface area contributed by atoms with Crippen LogP contribution in [0.2, 0.25) is 5.02 Å². The molecule has 1 amide bonds. The maximum absolute atomic E-state index is 10.3. The largest absolute Gasteiger partial charge is 0.479 e. The molecule has 0 spiro atoms. The first kappa shape index (κ1) is 11.2. The van der Waals surface area contributed by atoms with Gasteiger partial charge in [-0.2, -0.15) is 0 Å². The second-order valence-electron chi connectivity index (χ2n) is 2.57. The zero-order valence-corrected chi connectivity index (χ0v) is 8.41. The van der Waals surface area contributed by atoms with Crippen molar-refractivity contribution in [2.45, 2.75) is 0 Å². The van der Waals surface area contributed by atoms with Crippen molar-refractivity contribution in [3.05, 3.63) is 23.2 Å². The molecule has 0 saturated heterocycles. The van der Waals surface area contributed by atoms with E-state index < -0.39 is 6.09 Å². The van der Waals surface area contributed by atoms with Crippen LogP contribution in [0.4, 0.5) is 10.5 Å². The third kappa shape index (κ3) is 3.41. The van der Waals surface area contributed by atoms with E-state index >= 15 is 0 Å². The Bertz CT molecular complexity index is 412. The van der Waals surface area contributed by atoms with Gasteiger partial charge >= 0.3 is 6.09 Å². The van der Waals surface area contributed by atoms with E-state index in [4.69, 9.17) is 27.9 Å². The summed E-state index contributed by atoms with van der Waals surface area (Å²) in [5.74, 6) is 2.72. The molecule has 0 aliphatic heterocycles. The molecule has 5 heteroatoms. The number of hydrogen-bond donors (Lipinski definition) is 2. The Labute approximate surface area is 91.8 Å². The monoisotopic (exact) mass is 225 g/mol. The third-order valence-corrected chi connectivity index (χ3v) is 1.79. The van der Waals surface area contributed by atoms with Crippen LogP contribution in [0, 0.1) is 12.3 Å². The van der Waals surface area contributed by atoms with Gasteiger partial charge in [-0.05, 0) is 18.2 Å². The lowest BCUT2D eigenvalue weighted by Gasteiger charge is -2.06. The molecule has 0 aliphatic rings. The number of benzene rings is 1. The SMILES string of the molecule is C#CCOc1ccc(NC(=O)O)cc1Cl. The molecule has 1 aromatic rings. The number of carboxylic acid groups (broad SMARTS) is 1. The molecule has 0 bridgehead atoms. The van der Waals surface area contributed by atoms with Crippen LogP contribution in [-0.4, -0.2) is 17.8 Å². The molecule has 0 saturated carbocycles. The quantitative estimate of drug-likeness (QED) is 0.777. The molecule has 0 aromatic heterocycles. The first-order valence-corrected chi connectivity index (χ1v) is 4.37. The molecule has 0 radical (unpaired) electrons. The topological polar surface area (TPSA) is 58.6 Å². The van der Waals surface area contributed by atoms with Gasteiger partial charge in [0.1, 0.15) is 12.4 Å². The highest BCUT2D eigenvalue weighted by molar-refractivity contribution is 6.32. The third-order valence-electron chi connectivity index (χ3n) is 1.49. The molecule has 0 unspecified atom stereocenters. The second kappa shape index (κ2) is 5.13. The Morgan fingerprint density at radius 3 is 2.93 bits per heavy atom. The van der Waals surface area contributed by atoms with Crippen molar-refractivity contribution in [1.29, 1.82) is 0 Å². The maximum atomic E-state index is 10.3. The summed E-state index contributed by atoms with van der Waals surface area (Å²) in [6.45, 7) is 0.116.